The quantitative estimate of drug-likeness (QED) is 0.845. The molecule has 4 rings (SSSR count). The fourth-order valence-electron chi connectivity index (χ4n) is 3.76. The Morgan fingerprint density at radius 1 is 1.41 bits per heavy atom. The van der Waals surface area contributed by atoms with Gasteiger partial charge in [-0.2, -0.15) is 0 Å². The summed E-state index contributed by atoms with van der Waals surface area (Å²) in [7, 11) is 1.58. The summed E-state index contributed by atoms with van der Waals surface area (Å²) in [6.45, 7) is 0.347. The van der Waals surface area contributed by atoms with Gasteiger partial charge in [0, 0.05) is 5.69 Å². The van der Waals surface area contributed by atoms with Crippen LogP contribution in [0.25, 0.3) is 0 Å². The predicted octanol–water partition coefficient (Wildman–Crippen LogP) is 1.07. The normalized spacial score (nSPS) is 35.0. The minimum absolute atomic E-state index is 0.190. The number of ether oxygens (including phenoxy) is 2. The van der Waals surface area contributed by atoms with Crippen LogP contribution in [-0.4, -0.2) is 42.3 Å². The predicted molar refractivity (Wildman–Crippen MR) is 76.7 cm³/mol. The maximum atomic E-state index is 12.8. The molecule has 1 aromatic rings. The van der Waals surface area contributed by atoms with Gasteiger partial charge in [-0.1, -0.05) is 12.2 Å². The van der Waals surface area contributed by atoms with E-state index in [1.54, 1.807) is 42.4 Å². The lowest BCUT2D eigenvalue weighted by Crippen LogP contribution is -2.39. The summed E-state index contributed by atoms with van der Waals surface area (Å²) >= 11 is 0. The topological polar surface area (TPSA) is 76.1 Å². The van der Waals surface area contributed by atoms with E-state index >= 15 is 0 Å². The smallest absolute Gasteiger partial charge is 0.310 e. The first-order valence-corrected chi connectivity index (χ1v) is 7.11. The molecule has 22 heavy (non-hydrogen) atoms. The number of rotatable bonds is 3. The highest BCUT2D eigenvalue weighted by molar-refractivity contribution is 6.02. The highest BCUT2D eigenvalue weighted by Gasteiger charge is 2.67. The van der Waals surface area contributed by atoms with E-state index in [0.717, 1.165) is 5.69 Å². The van der Waals surface area contributed by atoms with Crippen LogP contribution in [0.1, 0.15) is 0 Å². The molecular weight excluding hydrogens is 286 g/mol. The molecule has 114 valence electrons. The molecule has 3 aliphatic heterocycles. The van der Waals surface area contributed by atoms with Crippen molar-refractivity contribution in [1.82, 2.24) is 0 Å². The number of nitrogens with zero attached hydrogens (tertiary/aromatic N) is 1. The van der Waals surface area contributed by atoms with Gasteiger partial charge in [-0.25, -0.2) is 0 Å². The van der Waals surface area contributed by atoms with E-state index in [-0.39, 0.29) is 5.91 Å². The SMILES string of the molecule is COc1ccc(N2C[C@]34C=C[C@@H](O3)[C@@H](C(=O)O)[C@@H]4C2=O)cc1. The number of carbonyl (C=O) groups is 2. The van der Waals surface area contributed by atoms with E-state index in [1.807, 2.05) is 6.08 Å². The third-order valence-corrected chi connectivity index (χ3v) is 4.77. The Morgan fingerprint density at radius 2 is 2.14 bits per heavy atom. The standard InChI is InChI=1S/C16H15NO5/c1-21-10-4-2-9(3-5-10)17-8-16-7-6-11(22-16)12(15(19)20)13(16)14(17)18/h2-7,11-13H,8H2,1H3,(H,19,20)/t11-,12-,13-,16+/m1/s1. The second kappa shape index (κ2) is 4.33. The molecule has 3 heterocycles. The lowest BCUT2D eigenvalue weighted by molar-refractivity contribution is -0.146. The Balaban J connectivity index is 1.70. The maximum absolute atomic E-state index is 12.8. The van der Waals surface area contributed by atoms with Crippen molar-refractivity contribution in [2.75, 3.05) is 18.6 Å². The highest BCUT2D eigenvalue weighted by atomic mass is 16.5. The van der Waals surface area contributed by atoms with Crippen LogP contribution in [0.4, 0.5) is 5.69 Å². The molecule has 6 heteroatoms. The van der Waals surface area contributed by atoms with Crippen molar-refractivity contribution in [2.24, 2.45) is 11.8 Å². The van der Waals surface area contributed by atoms with Gasteiger partial charge in [-0.05, 0) is 24.3 Å². The molecule has 1 N–H and O–H groups in total. The largest absolute Gasteiger partial charge is 0.497 e. The summed E-state index contributed by atoms with van der Waals surface area (Å²) in [6, 6.07) is 7.13. The van der Waals surface area contributed by atoms with Gasteiger partial charge in [0.15, 0.2) is 0 Å². The maximum Gasteiger partial charge on any atom is 0.310 e. The van der Waals surface area contributed by atoms with Gasteiger partial charge in [-0.15, -0.1) is 0 Å². The van der Waals surface area contributed by atoms with Crippen molar-refractivity contribution < 1.29 is 24.2 Å². The summed E-state index contributed by atoms with van der Waals surface area (Å²) in [6.07, 6.45) is 3.12. The van der Waals surface area contributed by atoms with Gasteiger partial charge in [0.25, 0.3) is 0 Å². The van der Waals surface area contributed by atoms with Crippen molar-refractivity contribution in [3.63, 3.8) is 0 Å². The van der Waals surface area contributed by atoms with E-state index in [9.17, 15) is 14.7 Å². The second-order valence-electron chi connectivity index (χ2n) is 5.86. The van der Waals surface area contributed by atoms with Crippen LogP contribution in [0, 0.1) is 11.8 Å². The molecule has 4 atom stereocenters. The first kappa shape index (κ1) is 13.3. The Hall–Kier alpha value is -2.34. The van der Waals surface area contributed by atoms with E-state index in [1.165, 1.54) is 0 Å². The van der Waals surface area contributed by atoms with Crippen molar-refractivity contribution >= 4 is 17.6 Å². The fourth-order valence-corrected chi connectivity index (χ4v) is 3.76. The van der Waals surface area contributed by atoms with Crippen LogP contribution in [0.5, 0.6) is 5.75 Å². The molecule has 2 bridgehead atoms. The zero-order chi connectivity index (χ0) is 15.5. The Morgan fingerprint density at radius 3 is 2.77 bits per heavy atom. The summed E-state index contributed by atoms with van der Waals surface area (Å²) in [5, 5.41) is 9.42. The van der Waals surface area contributed by atoms with E-state index < -0.39 is 29.5 Å². The Kier molecular flexibility index (Phi) is 2.62. The Bertz CT molecular complexity index is 682. The number of benzene rings is 1. The lowest BCUT2D eigenvalue weighted by atomic mass is 9.77. The van der Waals surface area contributed by atoms with E-state index in [4.69, 9.17) is 9.47 Å². The van der Waals surface area contributed by atoms with Crippen LogP contribution in [0.15, 0.2) is 36.4 Å². The number of carboxylic acid groups (broad SMARTS) is 1. The Labute approximate surface area is 126 Å². The molecule has 0 aromatic heterocycles. The van der Waals surface area contributed by atoms with Gasteiger partial charge >= 0.3 is 5.97 Å². The zero-order valence-corrected chi connectivity index (χ0v) is 11.9. The van der Waals surface area contributed by atoms with Gasteiger partial charge in [-0.3, -0.25) is 9.59 Å². The first-order valence-electron chi connectivity index (χ1n) is 7.11. The van der Waals surface area contributed by atoms with Crippen LogP contribution in [-0.2, 0) is 14.3 Å². The number of methoxy groups -OCH3 is 1. The highest BCUT2D eigenvalue weighted by Crippen LogP contribution is 2.52. The third kappa shape index (κ3) is 1.58. The number of anilines is 1. The van der Waals surface area contributed by atoms with Crippen molar-refractivity contribution in [1.29, 1.82) is 0 Å². The number of hydrogen-bond donors (Lipinski definition) is 1. The number of amides is 1. The molecule has 0 unspecified atom stereocenters. The van der Waals surface area contributed by atoms with Gasteiger partial charge in [0.2, 0.25) is 5.91 Å². The number of carbonyl (C=O) groups excluding carboxylic acids is 1. The molecule has 1 aromatic carbocycles. The molecule has 0 radical (unpaired) electrons. The van der Waals surface area contributed by atoms with E-state index in [0.29, 0.717) is 12.3 Å². The number of carboxylic acids is 1. The molecule has 1 spiro atoms. The summed E-state index contributed by atoms with van der Waals surface area (Å²) in [5.41, 5.74) is -0.0794. The molecule has 2 saturated heterocycles. The van der Waals surface area contributed by atoms with Crippen LogP contribution in [0.3, 0.4) is 0 Å². The molecule has 0 saturated carbocycles. The number of aliphatic carboxylic acids is 1. The van der Waals surface area contributed by atoms with Crippen molar-refractivity contribution in [3.8, 4) is 5.75 Å². The molecule has 6 nitrogen and oxygen atoms in total. The molecule has 0 aliphatic carbocycles. The number of fused-ring (bicyclic) bond motifs is 1. The molecular formula is C16H15NO5. The monoisotopic (exact) mass is 301 g/mol. The average molecular weight is 301 g/mol. The fraction of sp³-hybridized carbons (Fsp3) is 0.375. The molecule has 3 aliphatic rings. The second-order valence-corrected chi connectivity index (χ2v) is 5.86. The van der Waals surface area contributed by atoms with E-state index in [2.05, 4.69) is 0 Å². The first-order chi connectivity index (χ1) is 10.6. The number of hydrogen-bond acceptors (Lipinski definition) is 4. The third-order valence-electron chi connectivity index (χ3n) is 4.77. The van der Waals surface area contributed by atoms with Gasteiger partial charge in [0.1, 0.15) is 17.3 Å². The average Bonchev–Trinajstić information content (AvgIpc) is 3.15. The minimum atomic E-state index is -0.980. The lowest BCUT2D eigenvalue weighted by Gasteiger charge is -2.21. The summed E-state index contributed by atoms with van der Waals surface area (Å²) < 4.78 is 11.0. The van der Waals surface area contributed by atoms with Gasteiger partial charge in [0.05, 0.1) is 25.7 Å². The van der Waals surface area contributed by atoms with Crippen LogP contribution < -0.4 is 9.64 Å². The summed E-state index contributed by atoms with van der Waals surface area (Å²) in [4.78, 5) is 25.9. The van der Waals surface area contributed by atoms with Gasteiger partial charge < -0.3 is 19.5 Å². The minimum Gasteiger partial charge on any atom is -0.497 e. The van der Waals surface area contributed by atoms with Crippen molar-refractivity contribution in [2.45, 2.75) is 11.7 Å². The zero-order valence-electron chi connectivity index (χ0n) is 11.9. The summed E-state index contributed by atoms with van der Waals surface area (Å²) in [5.74, 6) is -1.92. The van der Waals surface area contributed by atoms with Crippen LogP contribution in [0.2, 0.25) is 0 Å². The molecule has 2 fully saturated rings. The molecule has 1 amide bonds. The van der Waals surface area contributed by atoms with Crippen molar-refractivity contribution in [3.05, 3.63) is 36.4 Å². The van der Waals surface area contributed by atoms with Crippen LogP contribution >= 0.6 is 0 Å².